The van der Waals surface area contributed by atoms with Gasteiger partial charge >= 0.3 is 0 Å². The Labute approximate surface area is 163 Å². The number of ether oxygens (including phenoxy) is 1. The molecule has 1 fully saturated rings. The molecule has 3 rings (SSSR count). The summed E-state index contributed by atoms with van der Waals surface area (Å²) in [5, 5.41) is 16.9. The van der Waals surface area contributed by atoms with E-state index in [2.05, 4.69) is 26.3 Å². The maximum atomic E-state index is 12.4. The highest BCUT2D eigenvalue weighted by Gasteiger charge is 2.18. The van der Waals surface area contributed by atoms with Crippen molar-refractivity contribution in [2.75, 3.05) is 26.2 Å². The van der Waals surface area contributed by atoms with E-state index >= 15 is 0 Å². The third-order valence-corrected chi connectivity index (χ3v) is 4.52. The quantitative estimate of drug-likeness (QED) is 0.614. The van der Waals surface area contributed by atoms with Crippen LogP contribution >= 0.6 is 0 Å². The SMILES string of the molecule is CCNC(=O)COc1cccc(CNC(=O)c2cn(C3CCNCC3)nn2)c1. The van der Waals surface area contributed by atoms with Gasteiger partial charge in [0.15, 0.2) is 12.3 Å². The molecule has 9 heteroatoms. The second kappa shape index (κ2) is 9.84. The van der Waals surface area contributed by atoms with Gasteiger partial charge in [-0.3, -0.25) is 9.59 Å². The van der Waals surface area contributed by atoms with Gasteiger partial charge in [0.05, 0.1) is 12.2 Å². The van der Waals surface area contributed by atoms with Crippen LogP contribution in [-0.2, 0) is 11.3 Å². The molecule has 2 heterocycles. The van der Waals surface area contributed by atoms with Crippen LogP contribution in [0.4, 0.5) is 0 Å². The first kappa shape index (κ1) is 19.8. The summed E-state index contributed by atoms with van der Waals surface area (Å²) in [4.78, 5) is 23.8. The molecule has 1 saturated heterocycles. The Hall–Kier alpha value is -2.94. The van der Waals surface area contributed by atoms with Crippen LogP contribution in [0.1, 0.15) is 41.9 Å². The van der Waals surface area contributed by atoms with E-state index in [1.165, 1.54) is 0 Å². The van der Waals surface area contributed by atoms with Gasteiger partial charge in [0, 0.05) is 13.1 Å². The van der Waals surface area contributed by atoms with Crippen LogP contribution in [0.15, 0.2) is 30.5 Å². The van der Waals surface area contributed by atoms with E-state index in [0.29, 0.717) is 24.5 Å². The van der Waals surface area contributed by atoms with E-state index in [-0.39, 0.29) is 24.5 Å². The van der Waals surface area contributed by atoms with Gasteiger partial charge in [-0.05, 0) is 50.6 Å². The molecule has 150 valence electrons. The number of nitrogens with one attached hydrogen (secondary N) is 3. The summed E-state index contributed by atoms with van der Waals surface area (Å²) in [6.45, 7) is 4.61. The minimum Gasteiger partial charge on any atom is -0.484 e. The summed E-state index contributed by atoms with van der Waals surface area (Å²) >= 11 is 0. The fourth-order valence-electron chi connectivity index (χ4n) is 3.05. The summed E-state index contributed by atoms with van der Waals surface area (Å²) in [7, 11) is 0. The van der Waals surface area contributed by atoms with Crippen molar-refractivity contribution >= 4 is 11.8 Å². The summed E-state index contributed by atoms with van der Waals surface area (Å²) in [6, 6.07) is 7.56. The number of carbonyl (C=O) groups is 2. The van der Waals surface area contributed by atoms with Crippen LogP contribution in [-0.4, -0.2) is 53.0 Å². The zero-order valence-electron chi connectivity index (χ0n) is 16.0. The number of amides is 2. The van der Waals surface area contributed by atoms with Gasteiger partial charge in [-0.15, -0.1) is 5.10 Å². The molecule has 1 aliphatic rings. The zero-order chi connectivity index (χ0) is 19.8. The van der Waals surface area contributed by atoms with Gasteiger partial charge in [0.1, 0.15) is 5.75 Å². The van der Waals surface area contributed by atoms with Crippen molar-refractivity contribution in [1.82, 2.24) is 30.9 Å². The number of rotatable bonds is 8. The molecule has 28 heavy (non-hydrogen) atoms. The summed E-state index contributed by atoms with van der Waals surface area (Å²) in [5.74, 6) is 0.140. The number of nitrogens with zero attached hydrogens (tertiary/aromatic N) is 3. The number of carbonyl (C=O) groups excluding carboxylic acids is 2. The van der Waals surface area contributed by atoms with Crippen LogP contribution in [0.3, 0.4) is 0 Å². The monoisotopic (exact) mass is 386 g/mol. The van der Waals surface area contributed by atoms with Crippen molar-refractivity contribution in [1.29, 1.82) is 0 Å². The highest BCUT2D eigenvalue weighted by atomic mass is 16.5. The molecule has 1 aliphatic heterocycles. The Morgan fingerprint density at radius 2 is 2.11 bits per heavy atom. The van der Waals surface area contributed by atoms with Crippen LogP contribution in [0.5, 0.6) is 5.75 Å². The minimum absolute atomic E-state index is 0.0383. The second-order valence-corrected chi connectivity index (χ2v) is 6.64. The summed E-state index contributed by atoms with van der Waals surface area (Å²) in [5.41, 5.74) is 1.18. The number of benzene rings is 1. The van der Waals surface area contributed by atoms with Crippen molar-refractivity contribution in [2.24, 2.45) is 0 Å². The van der Waals surface area contributed by atoms with Crippen molar-refractivity contribution < 1.29 is 14.3 Å². The number of hydrogen-bond donors (Lipinski definition) is 3. The molecule has 0 atom stereocenters. The molecule has 2 amide bonds. The highest BCUT2D eigenvalue weighted by Crippen LogP contribution is 2.17. The second-order valence-electron chi connectivity index (χ2n) is 6.64. The Balaban J connectivity index is 1.51. The van der Waals surface area contributed by atoms with E-state index in [9.17, 15) is 9.59 Å². The molecule has 1 aromatic carbocycles. The lowest BCUT2D eigenvalue weighted by molar-refractivity contribution is -0.122. The smallest absolute Gasteiger partial charge is 0.273 e. The topological polar surface area (TPSA) is 110 Å². The Morgan fingerprint density at radius 3 is 2.89 bits per heavy atom. The lowest BCUT2D eigenvalue weighted by Crippen LogP contribution is -2.29. The number of hydrogen-bond acceptors (Lipinski definition) is 6. The van der Waals surface area contributed by atoms with Gasteiger partial charge in [-0.1, -0.05) is 17.3 Å². The van der Waals surface area contributed by atoms with Gasteiger partial charge in [0.2, 0.25) is 0 Å². The van der Waals surface area contributed by atoms with Gasteiger partial charge < -0.3 is 20.7 Å². The third kappa shape index (κ3) is 5.53. The largest absolute Gasteiger partial charge is 0.484 e. The van der Waals surface area contributed by atoms with Gasteiger partial charge in [-0.2, -0.15) is 0 Å². The van der Waals surface area contributed by atoms with Crippen LogP contribution in [0.2, 0.25) is 0 Å². The molecule has 3 N–H and O–H groups in total. The van der Waals surface area contributed by atoms with E-state index < -0.39 is 0 Å². The molecule has 0 spiro atoms. The fourth-order valence-corrected chi connectivity index (χ4v) is 3.05. The third-order valence-electron chi connectivity index (χ3n) is 4.52. The average molecular weight is 386 g/mol. The van der Waals surface area contributed by atoms with E-state index in [1.807, 2.05) is 19.1 Å². The van der Waals surface area contributed by atoms with Gasteiger partial charge in [0.25, 0.3) is 11.8 Å². The molecule has 0 radical (unpaired) electrons. The fraction of sp³-hybridized carbons (Fsp3) is 0.474. The van der Waals surface area contributed by atoms with Gasteiger partial charge in [-0.25, -0.2) is 4.68 Å². The van der Waals surface area contributed by atoms with Crippen molar-refractivity contribution in [3.8, 4) is 5.75 Å². The van der Waals surface area contributed by atoms with Crippen LogP contribution in [0, 0.1) is 0 Å². The Kier molecular flexibility index (Phi) is 6.96. The molecule has 9 nitrogen and oxygen atoms in total. The Morgan fingerprint density at radius 1 is 1.29 bits per heavy atom. The maximum Gasteiger partial charge on any atom is 0.273 e. The number of aromatic nitrogens is 3. The number of piperidine rings is 1. The molecule has 0 bridgehead atoms. The van der Waals surface area contributed by atoms with Crippen LogP contribution < -0.4 is 20.7 Å². The molecule has 0 aliphatic carbocycles. The predicted molar refractivity (Wildman–Crippen MR) is 103 cm³/mol. The Bertz CT molecular complexity index is 800. The van der Waals surface area contributed by atoms with Crippen molar-refractivity contribution in [3.05, 3.63) is 41.7 Å². The van der Waals surface area contributed by atoms with E-state index in [4.69, 9.17) is 4.74 Å². The number of likely N-dealkylation sites (N-methyl/N-ethyl adjacent to an activating group) is 1. The molecular weight excluding hydrogens is 360 g/mol. The van der Waals surface area contributed by atoms with Crippen LogP contribution in [0.25, 0.3) is 0 Å². The first-order valence-electron chi connectivity index (χ1n) is 9.55. The van der Waals surface area contributed by atoms with Crippen molar-refractivity contribution in [2.45, 2.75) is 32.4 Å². The zero-order valence-corrected chi connectivity index (χ0v) is 16.0. The summed E-state index contributed by atoms with van der Waals surface area (Å²) in [6.07, 6.45) is 3.66. The first-order valence-corrected chi connectivity index (χ1v) is 9.55. The van der Waals surface area contributed by atoms with E-state index in [0.717, 1.165) is 31.5 Å². The standard InChI is InChI=1S/C19H26N6O3/c1-2-21-18(26)13-28-16-5-3-4-14(10-16)11-22-19(27)17-12-25(24-23-17)15-6-8-20-9-7-15/h3-5,10,12,15,20H,2,6-9,11,13H2,1H3,(H,21,26)(H,22,27). The lowest BCUT2D eigenvalue weighted by atomic mass is 10.1. The predicted octanol–water partition coefficient (Wildman–Crippen LogP) is 0.648. The summed E-state index contributed by atoms with van der Waals surface area (Å²) < 4.78 is 7.25. The first-order chi connectivity index (χ1) is 13.7. The molecular formula is C19H26N6O3. The lowest BCUT2D eigenvalue weighted by Gasteiger charge is -2.22. The average Bonchev–Trinajstić information content (AvgIpc) is 3.22. The maximum absolute atomic E-state index is 12.4. The molecule has 1 aromatic heterocycles. The normalized spacial score (nSPS) is 14.5. The van der Waals surface area contributed by atoms with Crippen molar-refractivity contribution in [3.63, 3.8) is 0 Å². The molecule has 0 saturated carbocycles. The minimum atomic E-state index is -0.270. The van der Waals surface area contributed by atoms with E-state index in [1.54, 1.807) is 23.0 Å². The molecule has 0 unspecified atom stereocenters. The molecule has 2 aromatic rings. The highest BCUT2D eigenvalue weighted by molar-refractivity contribution is 5.91.